The van der Waals surface area contributed by atoms with Crippen LogP contribution in [0.15, 0.2) is 40.4 Å². The zero-order valence-electron chi connectivity index (χ0n) is 12.7. The predicted molar refractivity (Wildman–Crippen MR) is 83.0 cm³/mol. The highest BCUT2D eigenvalue weighted by molar-refractivity contribution is 7.99. The Kier molecular flexibility index (Phi) is 5.43. The second-order valence-electron chi connectivity index (χ2n) is 4.46. The van der Waals surface area contributed by atoms with Crippen LogP contribution < -0.4 is 4.74 Å². The van der Waals surface area contributed by atoms with Gasteiger partial charge in [0.2, 0.25) is 0 Å². The number of hydrogen-bond donors (Lipinski definition) is 0. The molecule has 0 atom stereocenters. The highest BCUT2D eigenvalue weighted by atomic mass is 32.2. The van der Waals surface area contributed by atoms with Gasteiger partial charge in [-0.3, -0.25) is 0 Å². The molecule has 0 radical (unpaired) electrons. The van der Waals surface area contributed by atoms with Gasteiger partial charge >= 0.3 is 6.03 Å². The van der Waals surface area contributed by atoms with E-state index in [-0.39, 0.29) is 11.1 Å². The summed E-state index contributed by atoms with van der Waals surface area (Å²) < 4.78 is 20.2. The highest BCUT2D eigenvalue weighted by Crippen LogP contribution is 2.30. The Balaban J connectivity index is 2.21. The number of carbonyl (C=O) groups excluding carboxylic acids is 1. The molecule has 1 aromatic carbocycles. The predicted octanol–water partition coefficient (Wildman–Crippen LogP) is 3.49. The summed E-state index contributed by atoms with van der Waals surface area (Å²) in [6, 6.07) is 6.91. The van der Waals surface area contributed by atoms with Gasteiger partial charge in [-0.1, -0.05) is 17.8 Å². The van der Waals surface area contributed by atoms with Crippen molar-refractivity contribution in [2.45, 2.75) is 23.8 Å². The average molecular weight is 323 g/mol. The summed E-state index contributed by atoms with van der Waals surface area (Å²) in [6.45, 7) is 4.84. The van der Waals surface area contributed by atoms with Crippen molar-refractivity contribution in [2.75, 3.05) is 20.2 Å². The molecule has 0 saturated carbocycles. The van der Waals surface area contributed by atoms with Crippen molar-refractivity contribution in [3.63, 3.8) is 0 Å². The summed E-state index contributed by atoms with van der Waals surface area (Å²) in [6.07, 6.45) is 1.11. The Labute approximate surface area is 133 Å². The quantitative estimate of drug-likeness (QED) is 0.845. The second kappa shape index (κ2) is 7.31. The van der Waals surface area contributed by atoms with Crippen LogP contribution in [0.25, 0.3) is 0 Å². The number of carbonyl (C=O) groups is 1. The Morgan fingerprint density at radius 1 is 1.41 bits per heavy atom. The van der Waals surface area contributed by atoms with Crippen molar-refractivity contribution in [1.29, 1.82) is 0 Å². The first-order valence-corrected chi connectivity index (χ1v) is 7.77. The minimum absolute atomic E-state index is 0.161. The van der Waals surface area contributed by atoms with E-state index >= 15 is 0 Å². The van der Waals surface area contributed by atoms with Crippen LogP contribution in [-0.2, 0) is 0 Å². The molecule has 0 fully saturated rings. The number of aromatic nitrogens is 2. The third kappa shape index (κ3) is 3.59. The fourth-order valence-electron chi connectivity index (χ4n) is 1.92. The van der Waals surface area contributed by atoms with Gasteiger partial charge in [-0.25, -0.2) is 9.18 Å². The number of hydrogen-bond acceptors (Lipinski definition) is 4. The summed E-state index contributed by atoms with van der Waals surface area (Å²) in [7, 11) is 1.57. The molecule has 22 heavy (non-hydrogen) atoms. The number of rotatable bonds is 5. The van der Waals surface area contributed by atoms with E-state index in [9.17, 15) is 9.18 Å². The van der Waals surface area contributed by atoms with E-state index in [0.717, 1.165) is 27.5 Å². The van der Waals surface area contributed by atoms with E-state index in [1.807, 2.05) is 32.0 Å². The lowest BCUT2D eigenvalue weighted by Gasteiger charge is -2.17. The molecule has 0 unspecified atom stereocenters. The highest BCUT2D eigenvalue weighted by Gasteiger charge is 2.18. The first-order valence-electron chi connectivity index (χ1n) is 6.95. The van der Waals surface area contributed by atoms with Gasteiger partial charge < -0.3 is 9.64 Å². The number of methoxy groups -OCH3 is 1. The van der Waals surface area contributed by atoms with Crippen LogP contribution in [-0.4, -0.2) is 40.9 Å². The number of nitrogens with zero attached hydrogens (tertiary/aromatic N) is 3. The number of amides is 1. The van der Waals surface area contributed by atoms with Crippen molar-refractivity contribution in [3.8, 4) is 5.75 Å². The molecule has 0 aliphatic carbocycles. The number of halogens is 1. The molecule has 0 aliphatic heterocycles. The molecule has 0 N–H and O–H groups in total. The molecular formula is C15H18FN3O2S. The van der Waals surface area contributed by atoms with Crippen LogP contribution in [0.3, 0.4) is 0 Å². The monoisotopic (exact) mass is 323 g/mol. The lowest BCUT2D eigenvalue weighted by atomic mass is 10.3. The zero-order valence-corrected chi connectivity index (χ0v) is 13.6. The van der Waals surface area contributed by atoms with Gasteiger partial charge in [0.1, 0.15) is 5.75 Å². The van der Waals surface area contributed by atoms with Crippen LogP contribution >= 0.6 is 11.8 Å². The number of benzene rings is 1. The lowest BCUT2D eigenvalue weighted by molar-refractivity contribution is 0.201. The third-order valence-corrected chi connectivity index (χ3v) is 4.08. The van der Waals surface area contributed by atoms with E-state index in [2.05, 4.69) is 5.10 Å². The van der Waals surface area contributed by atoms with Gasteiger partial charge in [-0.05, 0) is 32.0 Å². The lowest BCUT2D eigenvalue weighted by Crippen LogP contribution is -2.34. The molecule has 0 bridgehead atoms. The van der Waals surface area contributed by atoms with Gasteiger partial charge in [-0.15, -0.1) is 0 Å². The first kappa shape index (κ1) is 16.4. The van der Waals surface area contributed by atoms with Crippen molar-refractivity contribution < 1.29 is 13.9 Å². The Morgan fingerprint density at radius 2 is 2.14 bits per heavy atom. The SMILES string of the molecule is CCN(CC)C(=O)n1cc(F)c(Sc2cccc(OC)c2)n1. The van der Waals surface area contributed by atoms with E-state index in [4.69, 9.17) is 4.74 Å². The van der Waals surface area contributed by atoms with Crippen molar-refractivity contribution in [1.82, 2.24) is 14.7 Å². The maximum atomic E-state index is 14.0. The number of ether oxygens (including phenoxy) is 1. The first-order chi connectivity index (χ1) is 10.6. The standard InChI is InChI=1S/C15H18FN3O2S/c1-4-18(5-2)15(20)19-10-13(16)14(17-19)22-12-8-6-7-11(9-12)21-3/h6-10H,4-5H2,1-3H3. The third-order valence-electron chi connectivity index (χ3n) is 3.12. The molecule has 7 heteroatoms. The Hall–Kier alpha value is -2.02. The Bertz CT molecular complexity index is 656. The average Bonchev–Trinajstić information content (AvgIpc) is 2.89. The van der Waals surface area contributed by atoms with Crippen molar-refractivity contribution in [2.24, 2.45) is 0 Å². The van der Waals surface area contributed by atoms with Gasteiger partial charge in [0.25, 0.3) is 0 Å². The van der Waals surface area contributed by atoms with Gasteiger partial charge in [-0.2, -0.15) is 9.78 Å². The topological polar surface area (TPSA) is 47.4 Å². The van der Waals surface area contributed by atoms with Crippen LogP contribution in [0.1, 0.15) is 13.8 Å². The van der Waals surface area contributed by atoms with Gasteiger partial charge in [0.15, 0.2) is 10.8 Å². The smallest absolute Gasteiger partial charge is 0.344 e. The summed E-state index contributed by atoms with van der Waals surface area (Å²) in [5.74, 6) is 0.164. The van der Waals surface area contributed by atoms with Crippen molar-refractivity contribution in [3.05, 3.63) is 36.3 Å². The van der Waals surface area contributed by atoms with Crippen molar-refractivity contribution >= 4 is 17.8 Å². The maximum absolute atomic E-state index is 14.0. The molecule has 118 valence electrons. The van der Waals surface area contributed by atoms with Crippen LogP contribution in [0, 0.1) is 5.82 Å². The maximum Gasteiger partial charge on any atom is 0.344 e. The molecular weight excluding hydrogens is 305 g/mol. The second-order valence-corrected chi connectivity index (χ2v) is 5.52. The molecule has 0 spiro atoms. The molecule has 1 amide bonds. The molecule has 1 heterocycles. The minimum Gasteiger partial charge on any atom is -0.497 e. The molecule has 5 nitrogen and oxygen atoms in total. The molecule has 2 aromatic rings. The van der Waals surface area contributed by atoms with E-state index in [1.165, 1.54) is 0 Å². The van der Waals surface area contributed by atoms with Gasteiger partial charge in [0, 0.05) is 18.0 Å². The fourth-order valence-corrected chi connectivity index (χ4v) is 2.74. The molecule has 2 rings (SSSR count). The molecule has 0 saturated heterocycles. The summed E-state index contributed by atoms with van der Waals surface area (Å²) in [4.78, 5) is 14.5. The normalized spacial score (nSPS) is 10.5. The molecule has 1 aromatic heterocycles. The summed E-state index contributed by atoms with van der Waals surface area (Å²) in [5, 5.41) is 4.21. The van der Waals surface area contributed by atoms with E-state index in [1.54, 1.807) is 18.1 Å². The molecule has 0 aliphatic rings. The Morgan fingerprint density at radius 3 is 2.77 bits per heavy atom. The summed E-state index contributed by atoms with van der Waals surface area (Å²) in [5.41, 5.74) is 0. The van der Waals surface area contributed by atoms with E-state index in [0.29, 0.717) is 18.8 Å². The van der Waals surface area contributed by atoms with Gasteiger partial charge in [0.05, 0.1) is 13.3 Å². The fraction of sp³-hybridized carbons (Fsp3) is 0.333. The summed E-state index contributed by atoms with van der Waals surface area (Å²) >= 11 is 1.15. The zero-order chi connectivity index (χ0) is 16.1. The largest absolute Gasteiger partial charge is 0.497 e. The minimum atomic E-state index is -0.520. The van der Waals surface area contributed by atoms with Crippen LogP contribution in [0.2, 0.25) is 0 Å². The van der Waals surface area contributed by atoms with Crippen LogP contribution in [0.5, 0.6) is 5.75 Å². The van der Waals surface area contributed by atoms with E-state index < -0.39 is 5.82 Å². The van der Waals surface area contributed by atoms with Crippen LogP contribution in [0.4, 0.5) is 9.18 Å².